The van der Waals surface area contributed by atoms with Crippen LogP contribution in [-0.4, -0.2) is 20.7 Å². The van der Waals surface area contributed by atoms with Crippen LogP contribution in [0.25, 0.3) is 0 Å². The zero-order chi connectivity index (χ0) is 15.4. The molecule has 6 heteroatoms. The number of rotatable bonds is 5. The lowest BCUT2D eigenvalue weighted by atomic mass is 10.1. The Morgan fingerprint density at radius 1 is 1.43 bits per heavy atom. The lowest BCUT2D eigenvalue weighted by Crippen LogP contribution is -2.17. The first-order chi connectivity index (χ1) is 10.0. The van der Waals surface area contributed by atoms with Crippen LogP contribution in [0.4, 0.5) is 5.82 Å². The minimum absolute atomic E-state index is 0.173. The van der Waals surface area contributed by atoms with Gasteiger partial charge in [0.15, 0.2) is 0 Å². The highest BCUT2D eigenvalue weighted by molar-refractivity contribution is 6.29. The van der Waals surface area contributed by atoms with Gasteiger partial charge in [0.25, 0.3) is 5.91 Å². The second-order valence-corrected chi connectivity index (χ2v) is 5.52. The fraction of sp³-hybridized carbons (Fsp3) is 0.400. The number of hydrogen-bond donors (Lipinski definition) is 1. The number of anilines is 1. The van der Waals surface area contributed by atoms with Crippen LogP contribution in [0, 0.1) is 0 Å². The van der Waals surface area contributed by atoms with Crippen LogP contribution in [0.15, 0.2) is 24.4 Å². The van der Waals surface area contributed by atoms with E-state index in [9.17, 15) is 4.79 Å². The van der Waals surface area contributed by atoms with Gasteiger partial charge in [-0.2, -0.15) is 5.10 Å². The standard InChI is InChI=1S/C15H19ClN4O/c1-4-5-12-8-11(9-13(16)18-12)15(21)19-14-6-7-17-20(14)10(2)3/h6-10H,4-5H2,1-3H3,(H,19,21). The fourth-order valence-electron chi connectivity index (χ4n) is 2.08. The van der Waals surface area contributed by atoms with Crippen molar-refractivity contribution in [3.05, 3.63) is 40.8 Å². The fourth-order valence-corrected chi connectivity index (χ4v) is 2.31. The lowest BCUT2D eigenvalue weighted by molar-refractivity contribution is 0.102. The summed E-state index contributed by atoms with van der Waals surface area (Å²) in [7, 11) is 0. The molecule has 0 fully saturated rings. The van der Waals surface area contributed by atoms with Gasteiger partial charge in [-0.05, 0) is 32.4 Å². The van der Waals surface area contributed by atoms with E-state index in [-0.39, 0.29) is 11.9 Å². The molecule has 21 heavy (non-hydrogen) atoms. The highest BCUT2D eigenvalue weighted by atomic mass is 35.5. The molecule has 0 aliphatic rings. The molecule has 0 unspecified atom stereocenters. The van der Waals surface area contributed by atoms with Crippen LogP contribution in [0.3, 0.4) is 0 Å². The Morgan fingerprint density at radius 2 is 2.19 bits per heavy atom. The summed E-state index contributed by atoms with van der Waals surface area (Å²) in [6.07, 6.45) is 3.41. The van der Waals surface area contributed by atoms with Crippen molar-refractivity contribution in [2.24, 2.45) is 0 Å². The van der Waals surface area contributed by atoms with E-state index in [1.54, 1.807) is 29.1 Å². The van der Waals surface area contributed by atoms with Crippen LogP contribution in [-0.2, 0) is 6.42 Å². The molecule has 0 bridgehead atoms. The third kappa shape index (κ3) is 3.82. The Kier molecular flexibility index (Phi) is 4.96. The van der Waals surface area contributed by atoms with E-state index in [0.29, 0.717) is 16.5 Å². The number of aryl methyl sites for hydroxylation is 1. The van der Waals surface area contributed by atoms with E-state index in [4.69, 9.17) is 11.6 Å². The minimum Gasteiger partial charge on any atom is -0.307 e. The molecule has 0 aliphatic carbocycles. The zero-order valence-electron chi connectivity index (χ0n) is 12.4. The van der Waals surface area contributed by atoms with Crippen LogP contribution in [0.5, 0.6) is 0 Å². The SMILES string of the molecule is CCCc1cc(C(=O)Nc2ccnn2C(C)C)cc(Cl)n1. The van der Waals surface area contributed by atoms with Crippen molar-refractivity contribution < 1.29 is 4.79 Å². The summed E-state index contributed by atoms with van der Waals surface area (Å²) in [5.41, 5.74) is 1.34. The minimum atomic E-state index is -0.209. The van der Waals surface area contributed by atoms with Gasteiger partial charge >= 0.3 is 0 Å². The van der Waals surface area contributed by atoms with Gasteiger partial charge in [-0.1, -0.05) is 24.9 Å². The number of hydrogen-bond acceptors (Lipinski definition) is 3. The molecule has 5 nitrogen and oxygen atoms in total. The van der Waals surface area contributed by atoms with Gasteiger partial charge in [-0.3, -0.25) is 4.79 Å². The average molecular weight is 307 g/mol. The van der Waals surface area contributed by atoms with Crippen molar-refractivity contribution in [3.63, 3.8) is 0 Å². The van der Waals surface area contributed by atoms with Crippen LogP contribution in [0.1, 0.15) is 49.3 Å². The summed E-state index contributed by atoms with van der Waals surface area (Å²) in [5, 5.41) is 7.39. The first-order valence-corrected chi connectivity index (χ1v) is 7.40. The number of carbonyl (C=O) groups is 1. The average Bonchev–Trinajstić information content (AvgIpc) is 2.86. The molecule has 0 aromatic carbocycles. The maximum absolute atomic E-state index is 12.4. The van der Waals surface area contributed by atoms with Crippen molar-refractivity contribution in [2.45, 2.75) is 39.7 Å². The first kappa shape index (κ1) is 15.5. The van der Waals surface area contributed by atoms with Crippen molar-refractivity contribution in [1.82, 2.24) is 14.8 Å². The number of amides is 1. The third-order valence-electron chi connectivity index (χ3n) is 3.02. The van der Waals surface area contributed by atoms with E-state index < -0.39 is 0 Å². The Balaban J connectivity index is 2.22. The predicted octanol–water partition coefficient (Wildman–Crippen LogP) is 3.72. The summed E-state index contributed by atoms with van der Waals surface area (Å²) >= 11 is 5.98. The number of nitrogens with one attached hydrogen (secondary N) is 1. The monoisotopic (exact) mass is 306 g/mol. The van der Waals surface area contributed by atoms with Crippen molar-refractivity contribution in [3.8, 4) is 0 Å². The Labute approximate surface area is 129 Å². The maximum atomic E-state index is 12.4. The summed E-state index contributed by atoms with van der Waals surface area (Å²) < 4.78 is 1.76. The molecule has 0 saturated heterocycles. The van der Waals surface area contributed by atoms with E-state index >= 15 is 0 Å². The Bertz CT molecular complexity index is 636. The number of pyridine rings is 1. The molecule has 112 valence electrons. The third-order valence-corrected chi connectivity index (χ3v) is 3.21. The molecule has 2 rings (SSSR count). The Morgan fingerprint density at radius 3 is 2.86 bits per heavy atom. The molecule has 0 atom stereocenters. The molecule has 0 aliphatic heterocycles. The number of halogens is 1. The van der Waals surface area contributed by atoms with Crippen molar-refractivity contribution >= 4 is 23.3 Å². The topological polar surface area (TPSA) is 59.8 Å². The summed E-state index contributed by atoms with van der Waals surface area (Å²) in [5.74, 6) is 0.457. The van der Waals surface area contributed by atoms with Crippen LogP contribution < -0.4 is 5.32 Å². The lowest BCUT2D eigenvalue weighted by Gasteiger charge is -2.12. The molecule has 1 amide bonds. The molecule has 2 aromatic rings. The van der Waals surface area contributed by atoms with E-state index in [2.05, 4.69) is 22.3 Å². The molecule has 0 radical (unpaired) electrons. The quantitative estimate of drug-likeness (QED) is 0.856. The van der Waals surface area contributed by atoms with Crippen molar-refractivity contribution in [2.75, 3.05) is 5.32 Å². The van der Waals surface area contributed by atoms with Gasteiger partial charge in [0.1, 0.15) is 11.0 Å². The van der Waals surface area contributed by atoms with Crippen molar-refractivity contribution in [1.29, 1.82) is 0 Å². The highest BCUT2D eigenvalue weighted by Crippen LogP contribution is 2.17. The van der Waals surface area contributed by atoms with Crippen LogP contribution in [0.2, 0.25) is 5.15 Å². The van der Waals surface area contributed by atoms with Gasteiger partial charge < -0.3 is 5.32 Å². The summed E-state index contributed by atoms with van der Waals surface area (Å²) in [4.78, 5) is 16.6. The summed E-state index contributed by atoms with van der Waals surface area (Å²) in [6, 6.07) is 5.30. The zero-order valence-corrected chi connectivity index (χ0v) is 13.2. The maximum Gasteiger partial charge on any atom is 0.256 e. The molecule has 0 saturated carbocycles. The number of carbonyl (C=O) groups excluding carboxylic acids is 1. The normalized spacial score (nSPS) is 10.9. The van der Waals surface area contributed by atoms with Crippen LogP contribution >= 0.6 is 11.6 Å². The van der Waals surface area contributed by atoms with E-state index in [1.165, 1.54) is 0 Å². The van der Waals surface area contributed by atoms with Gasteiger partial charge in [0, 0.05) is 23.4 Å². The molecule has 1 N–H and O–H groups in total. The number of nitrogens with zero attached hydrogens (tertiary/aromatic N) is 3. The van der Waals surface area contributed by atoms with Gasteiger partial charge in [0.2, 0.25) is 0 Å². The number of aromatic nitrogens is 3. The predicted molar refractivity (Wildman–Crippen MR) is 83.8 cm³/mol. The molecular formula is C15H19ClN4O. The van der Waals surface area contributed by atoms with E-state index in [0.717, 1.165) is 18.5 Å². The summed E-state index contributed by atoms with van der Waals surface area (Å²) in [6.45, 7) is 6.07. The smallest absolute Gasteiger partial charge is 0.256 e. The highest BCUT2D eigenvalue weighted by Gasteiger charge is 2.13. The first-order valence-electron chi connectivity index (χ1n) is 7.02. The Hall–Kier alpha value is -1.88. The second kappa shape index (κ2) is 6.72. The van der Waals surface area contributed by atoms with Gasteiger partial charge in [-0.15, -0.1) is 0 Å². The molecule has 2 heterocycles. The molecule has 0 spiro atoms. The van der Waals surface area contributed by atoms with Gasteiger partial charge in [-0.25, -0.2) is 9.67 Å². The van der Waals surface area contributed by atoms with Gasteiger partial charge in [0.05, 0.1) is 6.20 Å². The molecular weight excluding hydrogens is 288 g/mol. The molecule has 2 aromatic heterocycles. The second-order valence-electron chi connectivity index (χ2n) is 5.13. The van der Waals surface area contributed by atoms with E-state index in [1.807, 2.05) is 13.8 Å². The largest absolute Gasteiger partial charge is 0.307 e.